The summed E-state index contributed by atoms with van der Waals surface area (Å²) in [6.07, 6.45) is 0. The highest BCUT2D eigenvalue weighted by atomic mass is 32.2. The van der Waals surface area contributed by atoms with Crippen LogP contribution in [0.15, 0.2) is 82.6 Å². The topological polar surface area (TPSA) is 74.6 Å². The van der Waals surface area contributed by atoms with Gasteiger partial charge in [-0.1, -0.05) is 30.3 Å². The van der Waals surface area contributed by atoms with Gasteiger partial charge in [-0.15, -0.1) is 0 Å². The van der Waals surface area contributed by atoms with Gasteiger partial charge in [-0.3, -0.25) is 0 Å². The SMILES string of the molecule is O=S(=O)(c1ccc(O)cc1)c1ccc(O)c(-c2ccccc2)c1. The van der Waals surface area contributed by atoms with E-state index >= 15 is 0 Å². The molecule has 0 amide bonds. The van der Waals surface area contributed by atoms with Crippen molar-refractivity contribution in [1.29, 1.82) is 0 Å². The van der Waals surface area contributed by atoms with E-state index in [2.05, 4.69) is 0 Å². The fourth-order valence-electron chi connectivity index (χ4n) is 2.29. The molecule has 5 heteroatoms. The minimum Gasteiger partial charge on any atom is -0.508 e. The van der Waals surface area contributed by atoms with Gasteiger partial charge in [0.2, 0.25) is 9.84 Å². The summed E-state index contributed by atoms with van der Waals surface area (Å²) in [5.41, 5.74) is 1.18. The van der Waals surface area contributed by atoms with Gasteiger partial charge in [0.1, 0.15) is 11.5 Å². The third kappa shape index (κ3) is 2.91. The molecule has 23 heavy (non-hydrogen) atoms. The molecule has 3 aromatic rings. The lowest BCUT2D eigenvalue weighted by molar-refractivity contribution is 0.474. The van der Waals surface area contributed by atoms with Gasteiger partial charge in [0.15, 0.2) is 0 Å². The van der Waals surface area contributed by atoms with Gasteiger partial charge in [-0.2, -0.15) is 0 Å². The smallest absolute Gasteiger partial charge is 0.206 e. The van der Waals surface area contributed by atoms with Crippen molar-refractivity contribution < 1.29 is 18.6 Å². The van der Waals surface area contributed by atoms with Crippen LogP contribution in [0.1, 0.15) is 0 Å². The maximum atomic E-state index is 12.7. The lowest BCUT2D eigenvalue weighted by atomic mass is 10.1. The second-order valence-corrected chi connectivity index (χ2v) is 6.99. The van der Waals surface area contributed by atoms with Crippen LogP contribution in [0.25, 0.3) is 11.1 Å². The number of hydrogen-bond acceptors (Lipinski definition) is 4. The van der Waals surface area contributed by atoms with Crippen molar-refractivity contribution in [2.45, 2.75) is 9.79 Å². The predicted molar refractivity (Wildman–Crippen MR) is 87.1 cm³/mol. The van der Waals surface area contributed by atoms with Crippen molar-refractivity contribution in [3.63, 3.8) is 0 Å². The molecule has 0 aliphatic rings. The molecule has 0 saturated heterocycles. The number of aromatic hydroxyl groups is 2. The third-order valence-electron chi connectivity index (χ3n) is 3.51. The van der Waals surface area contributed by atoms with Gasteiger partial charge in [-0.05, 0) is 48.0 Å². The summed E-state index contributed by atoms with van der Waals surface area (Å²) in [6.45, 7) is 0. The fourth-order valence-corrected chi connectivity index (χ4v) is 3.58. The quantitative estimate of drug-likeness (QED) is 0.771. The van der Waals surface area contributed by atoms with E-state index in [1.807, 2.05) is 18.2 Å². The molecule has 0 radical (unpaired) electrons. The van der Waals surface area contributed by atoms with Crippen LogP contribution in [0.3, 0.4) is 0 Å². The van der Waals surface area contributed by atoms with Gasteiger partial charge in [0.25, 0.3) is 0 Å². The van der Waals surface area contributed by atoms with E-state index in [4.69, 9.17) is 0 Å². The Morgan fingerprint density at radius 3 is 1.96 bits per heavy atom. The first-order valence-corrected chi connectivity index (χ1v) is 8.39. The Kier molecular flexibility index (Phi) is 3.80. The first kappa shape index (κ1) is 15.1. The molecular weight excluding hydrogens is 312 g/mol. The van der Waals surface area contributed by atoms with Gasteiger partial charge in [0, 0.05) is 5.56 Å². The number of hydrogen-bond donors (Lipinski definition) is 2. The molecular formula is C18H14O4S. The van der Waals surface area contributed by atoms with E-state index in [0.29, 0.717) is 5.56 Å². The van der Waals surface area contributed by atoms with Crippen LogP contribution < -0.4 is 0 Å². The van der Waals surface area contributed by atoms with Gasteiger partial charge < -0.3 is 10.2 Å². The number of benzene rings is 3. The largest absolute Gasteiger partial charge is 0.508 e. The molecule has 0 aliphatic heterocycles. The zero-order valence-electron chi connectivity index (χ0n) is 12.0. The van der Waals surface area contributed by atoms with Crippen LogP contribution in [-0.2, 0) is 9.84 Å². The molecule has 0 saturated carbocycles. The molecule has 0 atom stereocenters. The Bertz CT molecular complexity index is 931. The van der Waals surface area contributed by atoms with Crippen LogP contribution in [0.4, 0.5) is 0 Å². The Balaban J connectivity index is 2.12. The number of phenols is 2. The molecule has 3 rings (SSSR count). The average Bonchev–Trinajstić information content (AvgIpc) is 2.56. The minimum atomic E-state index is -3.73. The summed E-state index contributed by atoms with van der Waals surface area (Å²) in [7, 11) is -3.73. The molecule has 0 fully saturated rings. The number of sulfone groups is 1. The zero-order valence-corrected chi connectivity index (χ0v) is 12.9. The van der Waals surface area contributed by atoms with Crippen molar-refractivity contribution >= 4 is 9.84 Å². The number of rotatable bonds is 3. The van der Waals surface area contributed by atoms with E-state index in [-0.39, 0.29) is 21.3 Å². The van der Waals surface area contributed by atoms with E-state index in [9.17, 15) is 18.6 Å². The standard InChI is InChI=1S/C18H14O4S/c19-14-6-8-15(9-7-14)23(21,22)16-10-11-18(20)17(12-16)13-4-2-1-3-5-13/h1-12,19-20H. The average molecular weight is 326 g/mol. The summed E-state index contributed by atoms with van der Waals surface area (Å²) < 4.78 is 25.4. The lowest BCUT2D eigenvalue weighted by Crippen LogP contribution is -2.02. The molecule has 0 spiro atoms. The van der Waals surface area contributed by atoms with Crippen LogP contribution in [0, 0.1) is 0 Å². The van der Waals surface area contributed by atoms with Crippen molar-refractivity contribution in [1.82, 2.24) is 0 Å². The Morgan fingerprint density at radius 2 is 1.30 bits per heavy atom. The Labute approximate surface area is 134 Å². The Hall–Kier alpha value is -2.79. The van der Waals surface area contributed by atoms with Gasteiger partial charge in [-0.25, -0.2) is 8.42 Å². The highest BCUT2D eigenvalue weighted by Crippen LogP contribution is 2.33. The van der Waals surface area contributed by atoms with E-state index in [1.54, 1.807) is 12.1 Å². The van der Waals surface area contributed by atoms with Gasteiger partial charge in [0.05, 0.1) is 9.79 Å². The van der Waals surface area contributed by atoms with Crippen LogP contribution in [-0.4, -0.2) is 18.6 Å². The lowest BCUT2D eigenvalue weighted by Gasteiger charge is -2.09. The van der Waals surface area contributed by atoms with E-state index in [1.165, 1.54) is 42.5 Å². The van der Waals surface area contributed by atoms with Crippen LogP contribution >= 0.6 is 0 Å². The second kappa shape index (κ2) is 5.78. The normalized spacial score (nSPS) is 11.3. The van der Waals surface area contributed by atoms with Crippen molar-refractivity contribution in [2.75, 3.05) is 0 Å². The molecule has 0 heterocycles. The first-order chi connectivity index (χ1) is 11.0. The number of phenolic OH excluding ortho intramolecular Hbond substituents is 2. The molecule has 0 aromatic heterocycles. The van der Waals surface area contributed by atoms with E-state index < -0.39 is 9.84 Å². The summed E-state index contributed by atoms with van der Waals surface area (Å²) in [5, 5.41) is 19.3. The summed E-state index contributed by atoms with van der Waals surface area (Å²) >= 11 is 0. The summed E-state index contributed by atoms with van der Waals surface area (Å²) in [5.74, 6) is 0.0143. The van der Waals surface area contributed by atoms with Crippen LogP contribution in [0.2, 0.25) is 0 Å². The van der Waals surface area contributed by atoms with Crippen molar-refractivity contribution in [2.24, 2.45) is 0 Å². The highest BCUT2D eigenvalue weighted by molar-refractivity contribution is 7.91. The molecule has 4 nitrogen and oxygen atoms in total. The monoisotopic (exact) mass is 326 g/mol. The third-order valence-corrected chi connectivity index (χ3v) is 5.28. The highest BCUT2D eigenvalue weighted by Gasteiger charge is 2.19. The molecule has 0 unspecified atom stereocenters. The van der Waals surface area contributed by atoms with Crippen molar-refractivity contribution in [3.8, 4) is 22.6 Å². The Morgan fingerprint density at radius 1 is 0.696 bits per heavy atom. The molecule has 2 N–H and O–H groups in total. The maximum absolute atomic E-state index is 12.7. The van der Waals surface area contributed by atoms with Gasteiger partial charge >= 0.3 is 0 Å². The first-order valence-electron chi connectivity index (χ1n) is 6.91. The maximum Gasteiger partial charge on any atom is 0.206 e. The van der Waals surface area contributed by atoms with E-state index in [0.717, 1.165) is 5.56 Å². The molecule has 3 aromatic carbocycles. The molecule has 0 bridgehead atoms. The van der Waals surface area contributed by atoms with Crippen LogP contribution in [0.5, 0.6) is 11.5 Å². The summed E-state index contributed by atoms with van der Waals surface area (Å²) in [6, 6.07) is 18.6. The fraction of sp³-hybridized carbons (Fsp3) is 0. The second-order valence-electron chi connectivity index (χ2n) is 5.04. The molecule has 116 valence electrons. The summed E-state index contributed by atoms with van der Waals surface area (Å²) in [4.78, 5) is 0.167. The predicted octanol–water partition coefficient (Wildman–Crippen LogP) is 3.60. The molecule has 0 aliphatic carbocycles. The minimum absolute atomic E-state index is 0.000342. The van der Waals surface area contributed by atoms with Crippen molar-refractivity contribution in [3.05, 3.63) is 72.8 Å². The zero-order chi connectivity index (χ0) is 16.4.